The Balaban J connectivity index is 1.58. The summed E-state index contributed by atoms with van der Waals surface area (Å²) in [4.78, 5) is 14.0. The van der Waals surface area contributed by atoms with Gasteiger partial charge in [0.15, 0.2) is 0 Å². The molecule has 1 aliphatic heterocycles. The van der Waals surface area contributed by atoms with E-state index < -0.39 is 0 Å². The molecule has 2 aliphatic rings. The van der Waals surface area contributed by atoms with Crippen LogP contribution in [0, 0.1) is 5.92 Å². The Labute approximate surface area is 97.6 Å². The van der Waals surface area contributed by atoms with E-state index >= 15 is 0 Å². The molecule has 1 atom stereocenters. The average molecular weight is 225 g/mol. The van der Waals surface area contributed by atoms with Crippen LogP contribution in [-0.4, -0.2) is 43.0 Å². The normalized spacial score (nSPS) is 25.9. The number of nitrogens with zero attached hydrogens (tertiary/aromatic N) is 1. The highest BCUT2D eigenvalue weighted by atomic mass is 16.1. The van der Waals surface area contributed by atoms with Gasteiger partial charge in [-0.2, -0.15) is 0 Å². The van der Waals surface area contributed by atoms with Crippen molar-refractivity contribution in [1.29, 1.82) is 0 Å². The molecule has 4 heteroatoms. The van der Waals surface area contributed by atoms with Gasteiger partial charge in [-0.1, -0.05) is 0 Å². The zero-order valence-electron chi connectivity index (χ0n) is 9.95. The fourth-order valence-corrected chi connectivity index (χ4v) is 2.41. The van der Waals surface area contributed by atoms with Crippen molar-refractivity contribution < 1.29 is 4.79 Å². The quantitative estimate of drug-likeness (QED) is 0.685. The molecule has 2 rings (SSSR count). The van der Waals surface area contributed by atoms with Crippen LogP contribution in [0.5, 0.6) is 0 Å². The van der Waals surface area contributed by atoms with E-state index in [0.29, 0.717) is 18.9 Å². The Hall–Kier alpha value is -0.610. The molecule has 1 saturated heterocycles. The van der Waals surface area contributed by atoms with Gasteiger partial charge in [0.05, 0.1) is 0 Å². The number of amides is 1. The molecule has 1 heterocycles. The highest BCUT2D eigenvalue weighted by molar-refractivity contribution is 5.75. The van der Waals surface area contributed by atoms with Crippen LogP contribution in [0.25, 0.3) is 0 Å². The van der Waals surface area contributed by atoms with E-state index in [9.17, 15) is 4.79 Å². The molecule has 0 spiro atoms. The fourth-order valence-electron chi connectivity index (χ4n) is 2.41. The summed E-state index contributed by atoms with van der Waals surface area (Å²) >= 11 is 0. The van der Waals surface area contributed by atoms with Gasteiger partial charge in [0, 0.05) is 25.6 Å². The Bertz CT molecular complexity index is 240. The van der Waals surface area contributed by atoms with E-state index in [0.717, 1.165) is 19.0 Å². The van der Waals surface area contributed by atoms with E-state index in [1.165, 1.54) is 32.4 Å². The largest absolute Gasteiger partial charge is 0.356 e. The third-order valence-electron chi connectivity index (χ3n) is 3.58. The molecule has 1 saturated carbocycles. The lowest BCUT2D eigenvalue weighted by atomic mass is 10.1. The van der Waals surface area contributed by atoms with Crippen molar-refractivity contribution in [3.63, 3.8) is 0 Å². The molecule has 0 radical (unpaired) electrons. The molecule has 92 valence electrons. The second kappa shape index (κ2) is 5.64. The molecule has 16 heavy (non-hydrogen) atoms. The smallest absolute Gasteiger partial charge is 0.220 e. The molecule has 2 fully saturated rings. The minimum Gasteiger partial charge on any atom is -0.356 e. The summed E-state index contributed by atoms with van der Waals surface area (Å²) < 4.78 is 0. The topological polar surface area (TPSA) is 58.4 Å². The van der Waals surface area contributed by atoms with Crippen LogP contribution >= 0.6 is 0 Å². The number of nitrogens with two attached hydrogens (primary N) is 1. The van der Waals surface area contributed by atoms with Gasteiger partial charge in [-0.15, -0.1) is 0 Å². The first-order chi connectivity index (χ1) is 7.79. The second-order valence-corrected chi connectivity index (χ2v) is 5.08. The zero-order chi connectivity index (χ0) is 11.4. The third-order valence-corrected chi connectivity index (χ3v) is 3.58. The zero-order valence-corrected chi connectivity index (χ0v) is 9.95. The monoisotopic (exact) mass is 225 g/mol. The predicted molar refractivity (Wildman–Crippen MR) is 64.0 cm³/mol. The lowest BCUT2D eigenvalue weighted by Crippen LogP contribution is -2.31. The van der Waals surface area contributed by atoms with Crippen molar-refractivity contribution in [2.75, 3.05) is 26.2 Å². The lowest BCUT2D eigenvalue weighted by molar-refractivity contribution is -0.121. The fraction of sp³-hybridized carbons (Fsp3) is 0.917. The number of rotatable bonds is 6. The van der Waals surface area contributed by atoms with Crippen LogP contribution in [0.3, 0.4) is 0 Å². The first-order valence-electron chi connectivity index (χ1n) is 6.50. The van der Waals surface area contributed by atoms with Crippen LogP contribution in [0.1, 0.15) is 32.1 Å². The van der Waals surface area contributed by atoms with E-state index in [-0.39, 0.29) is 5.91 Å². The standard InChI is InChI=1S/C12H23N3O/c13-6-1-2-12(16)14-8-10-5-7-15(9-10)11-3-4-11/h10-11H,1-9,13H2,(H,14,16). The Morgan fingerprint density at radius 2 is 2.19 bits per heavy atom. The molecule has 1 aliphatic carbocycles. The first-order valence-corrected chi connectivity index (χ1v) is 6.50. The molecule has 0 aromatic rings. The van der Waals surface area contributed by atoms with Gasteiger partial charge in [0.1, 0.15) is 0 Å². The minimum atomic E-state index is 0.162. The van der Waals surface area contributed by atoms with Crippen molar-refractivity contribution in [3.8, 4) is 0 Å². The Kier molecular flexibility index (Phi) is 4.18. The van der Waals surface area contributed by atoms with Gasteiger partial charge >= 0.3 is 0 Å². The number of hydrogen-bond donors (Lipinski definition) is 2. The number of carbonyl (C=O) groups excluding carboxylic acids is 1. The summed E-state index contributed by atoms with van der Waals surface area (Å²) in [5, 5.41) is 3.02. The van der Waals surface area contributed by atoms with Crippen LogP contribution < -0.4 is 11.1 Å². The van der Waals surface area contributed by atoms with Crippen molar-refractivity contribution >= 4 is 5.91 Å². The molecular formula is C12H23N3O. The molecule has 3 N–H and O–H groups in total. The summed E-state index contributed by atoms with van der Waals surface area (Å²) in [6, 6.07) is 0.873. The van der Waals surface area contributed by atoms with Crippen molar-refractivity contribution in [2.24, 2.45) is 11.7 Å². The molecule has 0 aromatic heterocycles. The maximum atomic E-state index is 11.4. The van der Waals surface area contributed by atoms with Gasteiger partial charge in [-0.25, -0.2) is 0 Å². The number of nitrogens with one attached hydrogen (secondary N) is 1. The van der Waals surface area contributed by atoms with Gasteiger partial charge in [-0.05, 0) is 44.7 Å². The minimum absolute atomic E-state index is 0.162. The summed E-state index contributed by atoms with van der Waals surface area (Å²) in [7, 11) is 0. The Morgan fingerprint density at radius 1 is 1.38 bits per heavy atom. The van der Waals surface area contributed by atoms with Gasteiger partial charge < -0.3 is 16.0 Å². The highest BCUT2D eigenvalue weighted by Crippen LogP contribution is 2.31. The second-order valence-electron chi connectivity index (χ2n) is 5.08. The molecule has 1 amide bonds. The number of carbonyl (C=O) groups is 1. The molecule has 0 aromatic carbocycles. The Morgan fingerprint density at radius 3 is 2.88 bits per heavy atom. The van der Waals surface area contributed by atoms with E-state index in [4.69, 9.17) is 5.73 Å². The number of hydrogen-bond acceptors (Lipinski definition) is 3. The summed E-state index contributed by atoms with van der Waals surface area (Å²) in [5.74, 6) is 0.831. The molecule has 1 unspecified atom stereocenters. The lowest BCUT2D eigenvalue weighted by Gasteiger charge is -2.15. The summed E-state index contributed by atoms with van der Waals surface area (Å²) in [6.45, 7) is 3.87. The van der Waals surface area contributed by atoms with Crippen LogP contribution in [-0.2, 0) is 4.79 Å². The average Bonchev–Trinajstić information content (AvgIpc) is 3.03. The maximum absolute atomic E-state index is 11.4. The third kappa shape index (κ3) is 3.46. The van der Waals surface area contributed by atoms with Gasteiger partial charge in [0.25, 0.3) is 0 Å². The predicted octanol–water partition coefficient (Wildman–Crippen LogP) is 0.326. The van der Waals surface area contributed by atoms with Crippen molar-refractivity contribution in [1.82, 2.24) is 10.2 Å². The van der Waals surface area contributed by atoms with Crippen LogP contribution in [0.4, 0.5) is 0 Å². The maximum Gasteiger partial charge on any atom is 0.220 e. The highest BCUT2D eigenvalue weighted by Gasteiger charge is 2.34. The van der Waals surface area contributed by atoms with Crippen LogP contribution in [0.15, 0.2) is 0 Å². The van der Waals surface area contributed by atoms with Gasteiger partial charge in [-0.3, -0.25) is 4.79 Å². The first kappa shape index (κ1) is 11.9. The molecular weight excluding hydrogens is 202 g/mol. The molecule has 4 nitrogen and oxygen atoms in total. The molecule has 0 bridgehead atoms. The van der Waals surface area contributed by atoms with Crippen molar-refractivity contribution in [3.05, 3.63) is 0 Å². The van der Waals surface area contributed by atoms with E-state index in [2.05, 4.69) is 10.2 Å². The van der Waals surface area contributed by atoms with Crippen LogP contribution in [0.2, 0.25) is 0 Å². The summed E-state index contributed by atoms with van der Waals surface area (Å²) in [6.07, 6.45) is 5.39. The van der Waals surface area contributed by atoms with E-state index in [1.807, 2.05) is 0 Å². The summed E-state index contributed by atoms with van der Waals surface area (Å²) in [5.41, 5.74) is 5.37. The SMILES string of the molecule is NCCCC(=O)NCC1CCN(C2CC2)C1. The van der Waals surface area contributed by atoms with Crippen molar-refractivity contribution in [2.45, 2.75) is 38.1 Å². The number of likely N-dealkylation sites (tertiary alicyclic amines) is 1. The van der Waals surface area contributed by atoms with Gasteiger partial charge in [0.2, 0.25) is 5.91 Å². The van der Waals surface area contributed by atoms with E-state index in [1.54, 1.807) is 0 Å².